The summed E-state index contributed by atoms with van der Waals surface area (Å²) in [5, 5.41) is 0. The number of nitrogens with zero attached hydrogens (tertiary/aromatic N) is 2. The van der Waals surface area contributed by atoms with E-state index in [9.17, 15) is 17.2 Å². The molecule has 10 heteroatoms. The minimum atomic E-state index is -3.82. The maximum atomic E-state index is 14.6. The molecule has 0 aromatic heterocycles. The molecule has 150 valence electrons. The third kappa shape index (κ3) is 3.65. The molecule has 2 heterocycles. The number of sulfonamides is 1. The van der Waals surface area contributed by atoms with Crippen LogP contribution in [0.25, 0.3) is 0 Å². The van der Waals surface area contributed by atoms with Gasteiger partial charge in [-0.3, -0.25) is 0 Å². The number of benzene rings is 1. The number of guanidine groups is 1. The molecular formula is C17H23F2N3O4S. The first-order chi connectivity index (χ1) is 12.3. The van der Waals surface area contributed by atoms with E-state index in [1.54, 1.807) is 0 Å². The minimum Gasteiger partial charge on any atom is -0.369 e. The lowest BCUT2D eigenvalue weighted by Crippen LogP contribution is -2.50. The highest BCUT2D eigenvalue weighted by Crippen LogP contribution is 2.38. The molecule has 1 aromatic carbocycles. The molecule has 2 aliphatic heterocycles. The quantitative estimate of drug-likeness (QED) is 0.813. The lowest BCUT2D eigenvalue weighted by atomic mass is 9.91. The highest BCUT2D eigenvalue weighted by Gasteiger charge is 2.43. The second-order valence-electron chi connectivity index (χ2n) is 7.95. The minimum absolute atomic E-state index is 0.190. The van der Waals surface area contributed by atoms with Crippen molar-refractivity contribution in [1.82, 2.24) is 4.31 Å². The fourth-order valence-electron chi connectivity index (χ4n) is 3.11. The normalized spacial score (nSPS) is 28.1. The van der Waals surface area contributed by atoms with E-state index in [-0.39, 0.29) is 22.5 Å². The number of ether oxygens (including phenoxy) is 2. The second kappa shape index (κ2) is 6.39. The van der Waals surface area contributed by atoms with Crippen molar-refractivity contribution < 1.29 is 26.7 Å². The number of aliphatic imine (C=N–C) groups is 1. The van der Waals surface area contributed by atoms with Crippen LogP contribution in [0, 0.1) is 17.0 Å². The van der Waals surface area contributed by atoms with Crippen molar-refractivity contribution in [3.63, 3.8) is 0 Å². The van der Waals surface area contributed by atoms with E-state index in [0.29, 0.717) is 13.2 Å². The van der Waals surface area contributed by atoms with Crippen LogP contribution in [0.15, 0.2) is 17.1 Å². The molecule has 0 aliphatic carbocycles. The lowest BCUT2D eigenvalue weighted by molar-refractivity contribution is -0.226. The summed E-state index contributed by atoms with van der Waals surface area (Å²) in [6.07, 6.45) is -0.875. The Hall–Kier alpha value is -1.78. The van der Waals surface area contributed by atoms with Gasteiger partial charge in [0.05, 0.1) is 19.0 Å². The van der Waals surface area contributed by atoms with Crippen molar-refractivity contribution in [1.29, 1.82) is 0 Å². The first-order valence-electron chi connectivity index (χ1n) is 8.39. The van der Waals surface area contributed by atoms with E-state index in [0.717, 1.165) is 10.4 Å². The highest BCUT2D eigenvalue weighted by molar-refractivity contribution is 7.89. The molecule has 0 radical (unpaired) electrons. The van der Waals surface area contributed by atoms with Crippen molar-refractivity contribution in [3.8, 4) is 0 Å². The van der Waals surface area contributed by atoms with Gasteiger partial charge in [-0.05, 0) is 19.1 Å². The molecule has 0 spiro atoms. The summed E-state index contributed by atoms with van der Waals surface area (Å²) in [4.78, 5) is 4.13. The Morgan fingerprint density at radius 1 is 1.22 bits per heavy atom. The van der Waals surface area contributed by atoms with Crippen LogP contribution in [0.3, 0.4) is 0 Å². The summed E-state index contributed by atoms with van der Waals surface area (Å²) < 4.78 is 65.7. The molecule has 1 fully saturated rings. The van der Waals surface area contributed by atoms with Gasteiger partial charge in [-0.15, -0.1) is 0 Å². The van der Waals surface area contributed by atoms with E-state index in [1.807, 2.05) is 13.8 Å². The number of halogens is 2. The first-order valence-corrected chi connectivity index (χ1v) is 10.0. The van der Waals surface area contributed by atoms with Crippen molar-refractivity contribution in [3.05, 3.63) is 34.9 Å². The summed E-state index contributed by atoms with van der Waals surface area (Å²) in [7, 11) is -2.57. The predicted molar refractivity (Wildman–Crippen MR) is 95.3 cm³/mol. The van der Waals surface area contributed by atoms with Crippen LogP contribution in [0.5, 0.6) is 0 Å². The zero-order chi connectivity index (χ0) is 20.2. The molecule has 0 saturated carbocycles. The standard InChI is InChI=1S/C17H23F2N3O4S/c1-16(2)7-25-14(26-8-16)10-5-11(13(19)12(18)6-10)17(3)9-27(23,24)22(4)15(20)21-17/h5-6,14H,7-9H2,1-4H3,(H2,20,21). The van der Waals surface area contributed by atoms with Crippen LogP contribution < -0.4 is 5.73 Å². The van der Waals surface area contributed by atoms with E-state index < -0.39 is 39.2 Å². The Kier molecular flexibility index (Phi) is 4.72. The smallest absolute Gasteiger partial charge is 0.239 e. The van der Waals surface area contributed by atoms with Crippen LogP contribution in [0.1, 0.15) is 38.2 Å². The molecular weight excluding hydrogens is 380 g/mol. The SMILES string of the molecule is CN1C(N)=NC(C)(c2cc(C3OCC(C)(C)CO3)cc(F)c2F)CS1(=O)=O. The molecule has 1 atom stereocenters. The Morgan fingerprint density at radius 2 is 1.81 bits per heavy atom. The fourth-order valence-corrected chi connectivity index (χ4v) is 4.56. The molecule has 0 bridgehead atoms. The second-order valence-corrected chi connectivity index (χ2v) is 9.95. The number of hydrogen-bond donors (Lipinski definition) is 1. The Balaban J connectivity index is 2.05. The van der Waals surface area contributed by atoms with E-state index >= 15 is 0 Å². The monoisotopic (exact) mass is 403 g/mol. The van der Waals surface area contributed by atoms with Crippen LogP contribution in [0.2, 0.25) is 0 Å². The number of rotatable bonds is 2. The van der Waals surface area contributed by atoms with Gasteiger partial charge in [0.2, 0.25) is 16.0 Å². The molecule has 1 saturated heterocycles. The van der Waals surface area contributed by atoms with Gasteiger partial charge >= 0.3 is 0 Å². The van der Waals surface area contributed by atoms with Crippen molar-refractivity contribution >= 4 is 16.0 Å². The fraction of sp³-hybridized carbons (Fsp3) is 0.588. The zero-order valence-electron chi connectivity index (χ0n) is 15.6. The van der Waals surface area contributed by atoms with Crippen LogP contribution in [0.4, 0.5) is 8.78 Å². The highest BCUT2D eigenvalue weighted by atomic mass is 32.2. The lowest BCUT2D eigenvalue weighted by Gasteiger charge is -2.36. The summed E-state index contributed by atoms with van der Waals surface area (Å²) in [6, 6.07) is 2.32. The zero-order valence-corrected chi connectivity index (χ0v) is 16.4. The number of hydrogen-bond acceptors (Lipinski definition) is 6. The van der Waals surface area contributed by atoms with Gasteiger partial charge in [0.1, 0.15) is 5.54 Å². The van der Waals surface area contributed by atoms with E-state index in [4.69, 9.17) is 15.2 Å². The van der Waals surface area contributed by atoms with Gasteiger partial charge in [-0.1, -0.05) is 13.8 Å². The predicted octanol–water partition coefficient (Wildman–Crippen LogP) is 1.84. The molecule has 3 rings (SSSR count). The summed E-state index contributed by atoms with van der Waals surface area (Å²) >= 11 is 0. The Labute approximate surface area is 157 Å². The third-order valence-electron chi connectivity index (χ3n) is 4.72. The van der Waals surface area contributed by atoms with Gasteiger partial charge in [0.25, 0.3) is 0 Å². The van der Waals surface area contributed by atoms with E-state index in [2.05, 4.69) is 4.99 Å². The average Bonchev–Trinajstić information content (AvgIpc) is 2.54. The molecule has 1 unspecified atom stereocenters. The van der Waals surface area contributed by atoms with Gasteiger partial charge in [0, 0.05) is 23.6 Å². The first kappa shape index (κ1) is 20.0. The molecule has 7 nitrogen and oxygen atoms in total. The van der Waals surface area contributed by atoms with Crippen molar-refractivity contribution in [2.45, 2.75) is 32.6 Å². The van der Waals surface area contributed by atoms with Crippen molar-refractivity contribution in [2.24, 2.45) is 16.1 Å². The van der Waals surface area contributed by atoms with Crippen molar-refractivity contribution in [2.75, 3.05) is 26.0 Å². The van der Waals surface area contributed by atoms with Crippen LogP contribution in [-0.4, -0.2) is 44.7 Å². The Morgan fingerprint density at radius 3 is 2.37 bits per heavy atom. The number of nitrogens with two attached hydrogens (primary N) is 1. The third-order valence-corrected chi connectivity index (χ3v) is 6.67. The summed E-state index contributed by atoms with van der Waals surface area (Å²) in [5.41, 5.74) is 3.97. The van der Waals surface area contributed by atoms with Gasteiger partial charge in [-0.2, -0.15) is 0 Å². The van der Waals surface area contributed by atoms with Crippen LogP contribution >= 0.6 is 0 Å². The van der Waals surface area contributed by atoms with Gasteiger partial charge < -0.3 is 15.2 Å². The summed E-state index contributed by atoms with van der Waals surface area (Å²) in [6.45, 7) is 6.09. The van der Waals surface area contributed by atoms with Gasteiger partial charge in [0.15, 0.2) is 17.9 Å². The molecule has 1 aromatic rings. The average molecular weight is 403 g/mol. The largest absolute Gasteiger partial charge is 0.369 e. The molecule has 0 amide bonds. The maximum Gasteiger partial charge on any atom is 0.239 e. The van der Waals surface area contributed by atoms with E-state index in [1.165, 1.54) is 20.0 Å². The molecule has 2 aliphatic rings. The topological polar surface area (TPSA) is 94.2 Å². The maximum absolute atomic E-state index is 14.6. The van der Waals surface area contributed by atoms with Gasteiger partial charge in [-0.25, -0.2) is 26.5 Å². The summed E-state index contributed by atoms with van der Waals surface area (Å²) in [5.74, 6) is -3.14. The molecule has 2 N–H and O–H groups in total. The van der Waals surface area contributed by atoms with Crippen LogP contribution in [-0.2, 0) is 25.0 Å². The molecule has 27 heavy (non-hydrogen) atoms. The Bertz CT molecular complexity index is 894.